The number of nitrogens with zero attached hydrogens (tertiary/aromatic N) is 3. The van der Waals surface area contributed by atoms with Crippen molar-refractivity contribution in [2.75, 3.05) is 31.1 Å². The molecule has 3 rings (SSSR count). The quantitative estimate of drug-likeness (QED) is 0.753. The first kappa shape index (κ1) is 15.5. The molecule has 6 heteroatoms. The van der Waals surface area contributed by atoms with Gasteiger partial charge in [-0.2, -0.15) is 0 Å². The summed E-state index contributed by atoms with van der Waals surface area (Å²) >= 11 is 1.60. The fraction of sp³-hybridized carbons (Fsp3) is 0.294. The van der Waals surface area contributed by atoms with E-state index in [2.05, 4.69) is 21.7 Å². The first-order valence-electron chi connectivity index (χ1n) is 7.34. The predicted octanol–water partition coefficient (Wildman–Crippen LogP) is 2.29. The molecule has 1 aromatic carbocycles. The van der Waals surface area contributed by atoms with Gasteiger partial charge in [-0.3, -0.25) is 4.79 Å². The van der Waals surface area contributed by atoms with Crippen molar-refractivity contribution in [1.29, 1.82) is 0 Å². The third-order valence-corrected chi connectivity index (χ3v) is 4.44. The minimum Gasteiger partial charge on any atom is -0.345 e. The van der Waals surface area contributed by atoms with Crippen molar-refractivity contribution in [3.63, 3.8) is 0 Å². The van der Waals surface area contributed by atoms with Gasteiger partial charge in [-0.1, -0.05) is 5.92 Å². The summed E-state index contributed by atoms with van der Waals surface area (Å²) < 4.78 is 13.3. The topological polar surface area (TPSA) is 36.4 Å². The molecular weight excluding hydrogens is 313 g/mol. The highest BCUT2D eigenvalue weighted by Gasteiger charge is 2.21. The number of piperazine rings is 1. The third kappa shape index (κ3) is 3.88. The van der Waals surface area contributed by atoms with Gasteiger partial charge in [0.15, 0.2) is 5.13 Å². The molecule has 0 atom stereocenters. The van der Waals surface area contributed by atoms with E-state index in [0.717, 1.165) is 23.8 Å². The lowest BCUT2D eigenvalue weighted by atomic mass is 10.1. The summed E-state index contributed by atoms with van der Waals surface area (Å²) in [6, 6.07) is 4.54. The number of carbonyl (C=O) groups excluding carboxylic acids is 1. The zero-order valence-corrected chi connectivity index (χ0v) is 13.6. The van der Waals surface area contributed by atoms with Crippen molar-refractivity contribution in [3.8, 4) is 11.8 Å². The molecule has 2 aromatic rings. The molecule has 1 saturated heterocycles. The maximum absolute atomic E-state index is 13.3. The summed E-state index contributed by atoms with van der Waals surface area (Å²) in [7, 11) is 0. The smallest absolute Gasteiger partial charge is 0.298 e. The van der Waals surface area contributed by atoms with Gasteiger partial charge in [0.2, 0.25) is 0 Å². The zero-order valence-electron chi connectivity index (χ0n) is 12.8. The summed E-state index contributed by atoms with van der Waals surface area (Å²) in [6.45, 7) is 4.54. The van der Waals surface area contributed by atoms with Crippen LogP contribution >= 0.6 is 11.3 Å². The number of thiazole rings is 1. The van der Waals surface area contributed by atoms with Crippen LogP contribution in [0, 0.1) is 24.6 Å². The minimum absolute atomic E-state index is 0.217. The van der Waals surface area contributed by atoms with Gasteiger partial charge in [0.25, 0.3) is 5.91 Å². The van der Waals surface area contributed by atoms with Crippen LogP contribution in [-0.4, -0.2) is 42.0 Å². The highest BCUT2D eigenvalue weighted by Crippen LogP contribution is 2.18. The second-order valence-electron chi connectivity index (χ2n) is 5.36. The monoisotopic (exact) mass is 329 g/mol. The van der Waals surface area contributed by atoms with E-state index < -0.39 is 0 Å². The molecule has 1 aliphatic rings. The third-order valence-electron chi connectivity index (χ3n) is 3.61. The molecule has 0 radical (unpaired) electrons. The molecule has 4 nitrogen and oxygen atoms in total. The standard InChI is InChI=1S/C17H16FN3OS/c1-13-10-14(12-15(18)11-13)2-3-16(22)20-5-7-21(8-6-20)17-19-4-9-23-17/h4,9-12H,5-8H2,1H3. The lowest BCUT2D eigenvalue weighted by Crippen LogP contribution is -2.48. The normalized spacial score (nSPS) is 14.3. The molecule has 118 valence electrons. The lowest BCUT2D eigenvalue weighted by molar-refractivity contribution is -0.125. The van der Waals surface area contributed by atoms with Crippen LogP contribution in [0.4, 0.5) is 9.52 Å². The molecular formula is C17H16FN3OS. The average Bonchev–Trinajstić information content (AvgIpc) is 3.06. The summed E-state index contributed by atoms with van der Waals surface area (Å²) in [6.07, 6.45) is 1.78. The zero-order chi connectivity index (χ0) is 16.2. The first-order chi connectivity index (χ1) is 11.1. The Hall–Kier alpha value is -2.39. The summed E-state index contributed by atoms with van der Waals surface area (Å²) in [5.41, 5.74) is 1.32. The Kier molecular flexibility index (Phi) is 4.58. The van der Waals surface area contributed by atoms with Gasteiger partial charge >= 0.3 is 0 Å². The van der Waals surface area contributed by atoms with Crippen molar-refractivity contribution in [1.82, 2.24) is 9.88 Å². The highest BCUT2D eigenvalue weighted by molar-refractivity contribution is 7.13. The molecule has 23 heavy (non-hydrogen) atoms. The molecule has 0 saturated carbocycles. The van der Waals surface area contributed by atoms with Crippen molar-refractivity contribution in [2.45, 2.75) is 6.92 Å². The Morgan fingerprint density at radius 1 is 1.26 bits per heavy atom. The van der Waals surface area contributed by atoms with Gasteiger partial charge < -0.3 is 9.80 Å². The molecule has 1 aromatic heterocycles. The SMILES string of the molecule is Cc1cc(F)cc(C#CC(=O)N2CCN(c3nccs3)CC2)c1. The molecule has 0 spiro atoms. The Labute approximate surface area is 138 Å². The van der Waals surface area contributed by atoms with Crippen LogP contribution in [0.5, 0.6) is 0 Å². The van der Waals surface area contributed by atoms with Crippen LogP contribution in [0.15, 0.2) is 29.8 Å². The number of hydrogen-bond acceptors (Lipinski definition) is 4. The molecule has 1 amide bonds. The van der Waals surface area contributed by atoms with Crippen LogP contribution in [-0.2, 0) is 4.79 Å². The molecule has 1 fully saturated rings. The Balaban J connectivity index is 1.61. The number of halogens is 1. The summed E-state index contributed by atoms with van der Waals surface area (Å²) in [5.74, 6) is 4.82. The number of hydrogen-bond donors (Lipinski definition) is 0. The number of benzene rings is 1. The Morgan fingerprint density at radius 3 is 2.70 bits per heavy atom. The largest absolute Gasteiger partial charge is 0.345 e. The maximum Gasteiger partial charge on any atom is 0.298 e. The first-order valence-corrected chi connectivity index (χ1v) is 8.22. The van der Waals surface area contributed by atoms with Crippen LogP contribution in [0.3, 0.4) is 0 Å². The molecule has 2 heterocycles. The average molecular weight is 329 g/mol. The van der Waals surface area contributed by atoms with Gasteiger partial charge in [-0.15, -0.1) is 11.3 Å². The molecule has 0 unspecified atom stereocenters. The number of aryl methyl sites for hydroxylation is 1. The fourth-order valence-corrected chi connectivity index (χ4v) is 3.18. The number of amides is 1. The van der Waals surface area contributed by atoms with Crippen molar-refractivity contribution in [2.24, 2.45) is 0 Å². The van der Waals surface area contributed by atoms with Gasteiger partial charge in [0.05, 0.1) is 0 Å². The van der Waals surface area contributed by atoms with E-state index in [0.29, 0.717) is 18.7 Å². The van der Waals surface area contributed by atoms with Crippen LogP contribution in [0.25, 0.3) is 0 Å². The predicted molar refractivity (Wildman–Crippen MR) is 88.9 cm³/mol. The van der Waals surface area contributed by atoms with Gasteiger partial charge in [0.1, 0.15) is 5.82 Å². The maximum atomic E-state index is 13.3. The Morgan fingerprint density at radius 2 is 2.04 bits per heavy atom. The number of anilines is 1. The lowest BCUT2D eigenvalue weighted by Gasteiger charge is -2.33. The molecule has 0 bridgehead atoms. The van der Waals surface area contributed by atoms with Crippen molar-refractivity contribution < 1.29 is 9.18 Å². The van der Waals surface area contributed by atoms with E-state index in [9.17, 15) is 9.18 Å². The van der Waals surface area contributed by atoms with Gasteiger partial charge in [-0.25, -0.2) is 9.37 Å². The molecule has 0 aliphatic carbocycles. The van der Waals surface area contributed by atoms with E-state index >= 15 is 0 Å². The second-order valence-corrected chi connectivity index (χ2v) is 6.23. The van der Waals surface area contributed by atoms with E-state index in [-0.39, 0.29) is 11.7 Å². The number of carbonyl (C=O) groups is 1. The van der Waals surface area contributed by atoms with E-state index in [4.69, 9.17) is 0 Å². The van der Waals surface area contributed by atoms with Crippen LogP contribution in [0.1, 0.15) is 11.1 Å². The van der Waals surface area contributed by atoms with Crippen LogP contribution in [0.2, 0.25) is 0 Å². The molecule has 0 N–H and O–H groups in total. The van der Waals surface area contributed by atoms with Gasteiger partial charge in [-0.05, 0) is 30.7 Å². The number of aromatic nitrogens is 1. The minimum atomic E-state index is -0.334. The van der Waals surface area contributed by atoms with E-state index in [1.165, 1.54) is 12.1 Å². The van der Waals surface area contributed by atoms with Crippen molar-refractivity contribution >= 4 is 22.4 Å². The summed E-state index contributed by atoms with van der Waals surface area (Å²) in [4.78, 5) is 20.3. The summed E-state index contributed by atoms with van der Waals surface area (Å²) in [5, 5.41) is 2.93. The van der Waals surface area contributed by atoms with Gasteiger partial charge in [0, 0.05) is 49.2 Å². The highest BCUT2D eigenvalue weighted by atomic mass is 32.1. The second kappa shape index (κ2) is 6.80. The van der Waals surface area contributed by atoms with E-state index in [1.54, 1.807) is 35.4 Å². The molecule has 1 aliphatic heterocycles. The van der Waals surface area contributed by atoms with E-state index in [1.807, 2.05) is 5.38 Å². The van der Waals surface area contributed by atoms with Crippen LogP contribution < -0.4 is 4.90 Å². The fourth-order valence-electron chi connectivity index (χ4n) is 2.49. The Bertz CT molecular complexity index is 736. The number of rotatable bonds is 1. The van der Waals surface area contributed by atoms with Crippen molar-refractivity contribution in [3.05, 3.63) is 46.7 Å².